The Bertz CT molecular complexity index is 817. The first-order valence-electron chi connectivity index (χ1n) is 14.5. The second-order valence-corrected chi connectivity index (χ2v) is 13.3. The molecule has 0 N–H and O–H groups in total. The van der Waals surface area contributed by atoms with Crippen LogP contribution < -0.4 is 0 Å². The molecule has 4 aliphatic rings. The normalized spacial score (nSPS) is 39.9. The van der Waals surface area contributed by atoms with Gasteiger partial charge in [0, 0.05) is 20.3 Å². The van der Waals surface area contributed by atoms with Crippen LogP contribution in [0, 0.1) is 46.3 Å². The van der Waals surface area contributed by atoms with Crippen molar-refractivity contribution in [3.63, 3.8) is 0 Å². The molecule has 4 heteroatoms. The van der Waals surface area contributed by atoms with E-state index in [9.17, 15) is 9.59 Å². The van der Waals surface area contributed by atoms with E-state index in [1.54, 1.807) is 12.5 Å². The molecule has 4 aliphatic carbocycles. The minimum Gasteiger partial charge on any atom is -0.466 e. The summed E-state index contributed by atoms with van der Waals surface area (Å²) in [6, 6.07) is 0. The molecule has 0 amide bonds. The van der Waals surface area contributed by atoms with Crippen molar-refractivity contribution in [1.29, 1.82) is 0 Å². The summed E-state index contributed by atoms with van der Waals surface area (Å²) < 4.78 is 10.8. The Morgan fingerprint density at radius 3 is 2.49 bits per heavy atom. The maximum atomic E-state index is 11.5. The van der Waals surface area contributed by atoms with Crippen molar-refractivity contribution in [1.82, 2.24) is 0 Å². The Kier molecular flexibility index (Phi) is 8.08. The number of carbonyl (C=O) groups excluding carboxylic acids is 2. The average molecular weight is 487 g/mol. The molecule has 3 fully saturated rings. The van der Waals surface area contributed by atoms with Crippen LogP contribution >= 0.6 is 0 Å². The maximum Gasteiger partial charge on any atom is 0.302 e. The van der Waals surface area contributed by atoms with Crippen molar-refractivity contribution < 1.29 is 19.1 Å². The zero-order valence-corrected chi connectivity index (χ0v) is 23.2. The summed E-state index contributed by atoms with van der Waals surface area (Å²) in [7, 11) is 0. The smallest absolute Gasteiger partial charge is 0.302 e. The molecule has 0 aliphatic heterocycles. The molecule has 0 unspecified atom stereocenters. The van der Waals surface area contributed by atoms with Gasteiger partial charge in [0.2, 0.25) is 0 Å². The number of hydrogen-bond donors (Lipinski definition) is 0. The molecule has 4 rings (SSSR count). The summed E-state index contributed by atoms with van der Waals surface area (Å²) in [6.45, 7) is 13.5. The highest BCUT2D eigenvalue weighted by atomic mass is 16.5. The van der Waals surface area contributed by atoms with Gasteiger partial charge in [-0.2, -0.15) is 0 Å². The van der Waals surface area contributed by atoms with Crippen LogP contribution in [0.5, 0.6) is 0 Å². The zero-order chi connectivity index (χ0) is 25.4. The predicted octanol–water partition coefficient (Wildman–Crippen LogP) is 7.50. The molecule has 35 heavy (non-hydrogen) atoms. The van der Waals surface area contributed by atoms with Crippen molar-refractivity contribution in [2.75, 3.05) is 6.61 Å². The molecule has 4 nitrogen and oxygen atoms in total. The van der Waals surface area contributed by atoms with Crippen LogP contribution in [-0.4, -0.2) is 24.6 Å². The van der Waals surface area contributed by atoms with Gasteiger partial charge in [-0.1, -0.05) is 52.2 Å². The fourth-order valence-corrected chi connectivity index (χ4v) is 9.27. The molecular formula is C31H50O4. The number of allylic oxidation sites excluding steroid dienone is 1. The summed E-state index contributed by atoms with van der Waals surface area (Å²) in [5.41, 5.74) is 2.38. The predicted molar refractivity (Wildman–Crippen MR) is 140 cm³/mol. The lowest BCUT2D eigenvalue weighted by molar-refractivity contribution is -0.148. The van der Waals surface area contributed by atoms with Crippen LogP contribution in [0.4, 0.5) is 0 Å². The van der Waals surface area contributed by atoms with Gasteiger partial charge in [0.05, 0.1) is 6.61 Å². The molecular weight excluding hydrogens is 436 g/mol. The lowest BCUT2D eigenvalue weighted by Gasteiger charge is -2.58. The molecule has 0 bridgehead atoms. The highest BCUT2D eigenvalue weighted by Crippen LogP contribution is 2.67. The quantitative estimate of drug-likeness (QED) is 0.263. The molecule has 198 valence electrons. The van der Waals surface area contributed by atoms with E-state index in [-0.39, 0.29) is 18.0 Å². The van der Waals surface area contributed by atoms with E-state index >= 15 is 0 Å². The summed E-state index contributed by atoms with van der Waals surface area (Å²) in [5, 5.41) is 0. The Hall–Kier alpha value is -1.32. The number of carbonyl (C=O) groups is 2. The second-order valence-electron chi connectivity index (χ2n) is 13.3. The van der Waals surface area contributed by atoms with Gasteiger partial charge in [-0.15, -0.1) is 0 Å². The van der Waals surface area contributed by atoms with Crippen molar-refractivity contribution in [2.24, 2.45) is 46.3 Å². The highest BCUT2D eigenvalue weighted by molar-refractivity contribution is 5.66. The molecule has 0 aromatic rings. The van der Waals surface area contributed by atoms with Crippen LogP contribution in [0.25, 0.3) is 0 Å². The Morgan fingerprint density at radius 1 is 1.00 bits per heavy atom. The third-order valence-corrected chi connectivity index (χ3v) is 11.1. The van der Waals surface area contributed by atoms with Gasteiger partial charge in [-0.05, 0) is 97.7 Å². The first-order chi connectivity index (χ1) is 16.5. The molecule has 0 aromatic carbocycles. The van der Waals surface area contributed by atoms with Crippen LogP contribution in [0.1, 0.15) is 112 Å². The van der Waals surface area contributed by atoms with E-state index in [1.807, 2.05) is 0 Å². The molecule has 9 atom stereocenters. The highest BCUT2D eigenvalue weighted by Gasteiger charge is 2.59. The number of fused-ring (bicyclic) bond motifs is 5. The standard InChI is InChI=1S/C31H50O4/c1-20(19-34-22(3)32)8-7-9-21(2)27-12-13-28-26-11-10-24-18-25(35-23(4)33)14-16-30(24,5)29(26)15-17-31(27,28)6/h10,20-21,25-29H,7-9,11-19H2,1-6H3/t20-,21+,25+,26+,27-,28-,29-,30+,31-/m1/s1. The van der Waals surface area contributed by atoms with E-state index in [4.69, 9.17) is 9.47 Å². The third-order valence-electron chi connectivity index (χ3n) is 11.1. The van der Waals surface area contributed by atoms with Gasteiger partial charge in [-0.3, -0.25) is 9.59 Å². The lowest BCUT2D eigenvalue weighted by atomic mass is 9.47. The van der Waals surface area contributed by atoms with E-state index in [0.29, 0.717) is 23.4 Å². The summed E-state index contributed by atoms with van der Waals surface area (Å²) in [6.07, 6.45) is 16.3. The van der Waals surface area contributed by atoms with E-state index in [0.717, 1.165) is 48.9 Å². The van der Waals surface area contributed by atoms with Gasteiger partial charge in [0.1, 0.15) is 6.10 Å². The van der Waals surface area contributed by atoms with Gasteiger partial charge >= 0.3 is 11.9 Å². The van der Waals surface area contributed by atoms with Gasteiger partial charge in [0.25, 0.3) is 0 Å². The molecule has 3 saturated carbocycles. The number of esters is 2. The van der Waals surface area contributed by atoms with Crippen molar-refractivity contribution >= 4 is 11.9 Å². The monoisotopic (exact) mass is 486 g/mol. The third kappa shape index (κ3) is 5.37. The van der Waals surface area contributed by atoms with Gasteiger partial charge in [-0.25, -0.2) is 0 Å². The maximum absolute atomic E-state index is 11.5. The Morgan fingerprint density at radius 2 is 1.77 bits per heavy atom. The topological polar surface area (TPSA) is 52.6 Å². The SMILES string of the molecule is CC(=O)OC[C@H](C)CCC[C@H](C)[C@H]1CC[C@@H]2[C@@H]3CC=C4C[C@@H](OC(C)=O)CC[C@]4(C)[C@@H]3CC[C@@]21C. The number of hydrogen-bond acceptors (Lipinski definition) is 4. The number of rotatable bonds is 8. The van der Waals surface area contributed by atoms with E-state index in [2.05, 4.69) is 33.8 Å². The lowest BCUT2D eigenvalue weighted by Crippen LogP contribution is -2.51. The molecule has 0 radical (unpaired) electrons. The first-order valence-corrected chi connectivity index (χ1v) is 14.5. The van der Waals surface area contributed by atoms with Crippen LogP contribution in [0.2, 0.25) is 0 Å². The molecule has 0 saturated heterocycles. The fraction of sp³-hybridized carbons (Fsp3) is 0.871. The molecule has 0 heterocycles. The van der Waals surface area contributed by atoms with Crippen LogP contribution in [0.15, 0.2) is 11.6 Å². The zero-order valence-electron chi connectivity index (χ0n) is 23.2. The van der Waals surface area contributed by atoms with E-state index in [1.165, 1.54) is 58.3 Å². The Labute approximate surface area is 214 Å². The summed E-state index contributed by atoms with van der Waals surface area (Å²) >= 11 is 0. The minimum absolute atomic E-state index is 0.0886. The number of ether oxygens (including phenoxy) is 2. The molecule has 0 aromatic heterocycles. The van der Waals surface area contributed by atoms with E-state index < -0.39 is 0 Å². The van der Waals surface area contributed by atoms with Crippen LogP contribution in [-0.2, 0) is 19.1 Å². The summed E-state index contributed by atoms with van der Waals surface area (Å²) in [5.74, 6) is 4.25. The summed E-state index contributed by atoms with van der Waals surface area (Å²) in [4.78, 5) is 22.6. The second kappa shape index (κ2) is 10.6. The first kappa shape index (κ1) is 26.7. The van der Waals surface area contributed by atoms with Crippen molar-refractivity contribution in [3.8, 4) is 0 Å². The van der Waals surface area contributed by atoms with Crippen molar-refractivity contribution in [2.45, 2.75) is 118 Å². The van der Waals surface area contributed by atoms with Gasteiger partial charge in [0.15, 0.2) is 0 Å². The Balaban J connectivity index is 1.37. The van der Waals surface area contributed by atoms with Gasteiger partial charge < -0.3 is 9.47 Å². The minimum atomic E-state index is -0.165. The average Bonchev–Trinajstić information content (AvgIpc) is 3.15. The van der Waals surface area contributed by atoms with Crippen molar-refractivity contribution in [3.05, 3.63) is 11.6 Å². The fourth-order valence-electron chi connectivity index (χ4n) is 9.27. The largest absolute Gasteiger partial charge is 0.466 e. The van der Waals surface area contributed by atoms with Crippen LogP contribution in [0.3, 0.4) is 0 Å². The molecule has 0 spiro atoms.